The molecule has 2 heterocycles. The van der Waals surface area contributed by atoms with Gasteiger partial charge in [0.2, 0.25) is 0 Å². The molecule has 0 radical (unpaired) electrons. The molecular formula is C17H21ClFN5OS. The topological polar surface area (TPSA) is 54.3 Å². The first-order chi connectivity index (χ1) is 12.0. The van der Waals surface area contributed by atoms with Gasteiger partial charge in [-0.2, -0.15) is 5.10 Å². The molecule has 0 unspecified atom stereocenters. The number of carbonyl (C=O) groups is 1. The quantitative estimate of drug-likeness (QED) is 0.641. The predicted molar refractivity (Wildman–Crippen MR) is 105 cm³/mol. The predicted octanol–water partition coefficient (Wildman–Crippen LogP) is 3.19. The smallest absolute Gasteiger partial charge is 0.280 e. The highest BCUT2D eigenvalue weighted by molar-refractivity contribution is 7.22. The van der Waals surface area contributed by atoms with Gasteiger partial charge in [0.15, 0.2) is 10.8 Å². The summed E-state index contributed by atoms with van der Waals surface area (Å²) in [5.74, 6) is -0.600. The van der Waals surface area contributed by atoms with E-state index in [4.69, 9.17) is 0 Å². The molecule has 0 bridgehead atoms. The number of nitrogens with zero attached hydrogens (tertiary/aromatic N) is 5. The number of hydrogen-bond donors (Lipinski definition) is 0. The zero-order valence-corrected chi connectivity index (χ0v) is 16.5. The van der Waals surface area contributed by atoms with Gasteiger partial charge in [0.1, 0.15) is 11.3 Å². The van der Waals surface area contributed by atoms with E-state index in [-0.39, 0.29) is 24.1 Å². The number of amides is 1. The lowest BCUT2D eigenvalue weighted by Gasteiger charge is -2.20. The van der Waals surface area contributed by atoms with Crippen molar-refractivity contribution in [2.75, 3.05) is 32.1 Å². The summed E-state index contributed by atoms with van der Waals surface area (Å²) in [5, 5.41) is 4.68. The van der Waals surface area contributed by atoms with Crippen LogP contribution in [0.1, 0.15) is 16.9 Å². The number of carbonyl (C=O) groups excluding carboxylic acids is 1. The maximum absolute atomic E-state index is 14.0. The van der Waals surface area contributed by atoms with E-state index in [0.717, 1.165) is 17.7 Å². The van der Waals surface area contributed by atoms with Gasteiger partial charge >= 0.3 is 0 Å². The third-order valence-electron chi connectivity index (χ3n) is 3.75. The number of rotatable bonds is 6. The number of anilines is 1. The number of aryl methyl sites for hydroxylation is 1. The second-order valence-corrected chi connectivity index (χ2v) is 7.08. The van der Waals surface area contributed by atoms with Crippen LogP contribution >= 0.6 is 23.7 Å². The van der Waals surface area contributed by atoms with E-state index in [2.05, 4.69) is 15.0 Å². The molecular weight excluding hydrogens is 377 g/mol. The summed E-state index contributed by atoms with van der Waals surface area (Å²) in [6.07, 6.45) is 2.51. The number of para-hydroxylation sites is 1. The minimum Gasteiger partial charge on any atom is -0.309 e. The van der Waals surface area contributed by atoms with Crippen molar-refractivity contribution in [2.24, 2.45) is 7.05 Å². The summed E-state index contributed by atoms with van der Waals surface area (Å²) < 4.78 is 16.3. The van der Waals surface area contributed by atoms with Gasteiger partial charge in [0.25, 0.3) is 5.91 Å². The molecule has 26 heavy (non-hydrogen) atoms. The van der Waals surface area contributed by atoms with Gasteiger partial charge in [-0.15, -0.1) is 12.4 Å². The molecule has 0 N–H and O–H groups in total. The highest BCUT2D eigenvalue weighted by Gasteiger charge is 2.23. The van der Waals surface area contributed by atoms with Crippen molar-refractivity contribution < 1.29 is 9.18 Å². The summed E-state index contributed by atoms with van der Waals surface area (Å²) in [7, 11) is 5.73. The van der Waals surface area contributed by atoms with Gasteiger partial charge in [0, 0.05) is 19.8 Å². The molecule has 2 aromatic heterocycles. The van der Waals surface area contributed by atoms with E-state index < -0.39 is 0 Å². The Balaban J connectivity index is 0.00000243. The van der Waals surface area contributed by atoms with Crippen LogP contribution in [-0.2, 0) is 7.05 Å². The summed E-state index contributed by atoms with van der Waals surface area (Å²) >= 11 is 1.31. The zero-order valence-electron chi connectivity index (χ0n) is 14.8. The SMILES string of the molecule is CN(C)CCCN(C(=O)c1ccn(C)n1)c1nc2c(F)cccc2s1.Cl. The fourth-order valence-corrected chi connectivity index (χ4v) is 3.52. The van der Waals surface area contributed by atoms with Crippen molar-refractivity contribution in [1.29, 1.82) is 0 Å². The molecule has 9 heteroatoms. The van der Waals surface area contributed by atoms with Crippen molar-refractivity contribution in [3.05, 3.63) is 42.0 Å². The van der Waals surface area contributed by atoms with Crippen molar-refractivity contribution >= 4 is 45.0 Å². The van der Waals surface area contributed by atoms with E-state index in [1.165, 1.54) is 17.4 Å². The molecule has 0 saturated heterocycles. The van der Waals surface area contributed by atoms with Crippen LogP contribution in [0, 0.1) is 5.82 Å². The Labute approximate surface area is 161 Å². The van der Waals surface area contributed by atoms with Crippen LogP contribution in [0.3, 0.4) is 0 Å². The lowest BCUT2D eigenvalue weighted by Crippen LogP contribution is -2.33. The molecule has 0 aliphatic heterocycles. The third-order valence-corrected chi connectivity index (χ3v) is 4.80. The number of hydrogen-bond acceptors (Lipinski definition) is 5. The standard InChI is InChI=1S/C17H20FN5OS.ClH/c1-21(2)9-5-10-23(16(24)13-8-11-22(3)20-13)17-19-15-12(18)6-4-7-14(15)25-17;/h4,6-8,11H,5,9-10H2,1-3H3;1H. The summed E-state index contributed by atoms with van der Waals surface area (Å²) in [5.41, 5.74) is 0.654. The Kier molecular flexibility index (Phi) is 6.69. The van der Waals surface area contributed by atoms with E-state index in [9.17, 15) is 9.18 Å². The number of benzene rings is 1. The minimum absolute atomic E-state index is 0. The molecule has 0 fully saturated rings. The molecule has 3 aromatic rings. The Bertz CT molecular complexity index is 894. The largest absolute Gasteiger partial charge is 0.309 e. The number of aromatic nitrogens is 3. The molecule has 6 nitrogen and oxygen atoms in total. The summed E-state index contributed by atoms with van der Waals surface area (Å²) in [6, 6.07) is 6.51. The van der Waals surface area contributed by atoms with Crippen LogP contribution in [-0.4, -0.2) is 52.8 Å². The summed E-state index contributed by atoms with van der Waals surface area (Å²) in [6.45, 7) is 1.33. The third kappa shape index (κ3) is 4.38. The second kappa shape index (κ2) is 8.57. The first kappa shape index (κ1) is 20.3. The molecule has 140 valence electrons. The van der Waals surface area contributed by atoms with Gasteiger partial charge in [-0.25, -0.2) is 9.37 Å². The Morgan fingerprint density at radius 1 is 1.27 bits per heavy atom. The molecule has 1 amide bonds. The van der Waals surface area contributed by atoms with Crippen LogP contribution < -0.4 is 4.90 Å². The molecule has 1 aromatic carbocycles. The first-order valence-corrected chi connectivity index (χ1v) is 8.78. The Morgan fingerprint density at radius 3 is 2.65 bits per heavy atom. The van der Waals surface area contributed by atoms with Crippen LogP contribution in [0.4, 0.5) is 9.52 Å². The summed E-state index contributed by atoms with van der Waals surface area (Å²) in [4.78, 5) is 20.9. The number of thiazole rings is 1. The first-order valence-electron chi connectivity index (χ1n) is 7.97. The van der Waals surface area contributed by atoms with Gasteiger partial charge < -0.3 is 4.90 Å². The molecule has 3 rings (SSSR count). The highest BCUT2D eigenvalue weighted by Crippen LogP contribution is 2.31. The molecule has 0 aliphatic carbocycles. The Hall–Kier alpha value is -2.03. The molecule has 0 spiro atoms. The van der Waals surface area contributed by atoms with Crippen LogP contribution in [0.5, 0.6) is 0 Å². The minimum atomic E-state index is -0.376. The van der Waals surface area contributed by atoms with Crippen molar-refractivity contribution in [2.45, 2.75) is 6.42 Å². The van der Waals surface area contributed by atoms with Gasteiger partial charge in [-0.3, -0.25) is 14.4 Å². The van der Waals surface area contributed by atoms with E-state index >= 15 is 0 Å². The highest BCUT2D eigenvalue weighted by atomic mass is 35.5. The van der Waals surface area contributed by atoms with E-state index in [1.807, 2.05) is 20.2 Å². The zero-order chi connectivity index (χ0) is 18.0. The Morgan fingerprint density at radius 2 is 2.04 bits per heavy atom. The lowest BCUT2D eigenvalue weighted by atomic mass is 10.3. The van der Waals surface area contributed by atoms with Crippen LogP contribution in [0.2, 0.25) is 0 Å². The van der Waals surface area contributed by atoms with E-state index in [1.54, 1.807) is 35.0 Å². The molecule has 0 atom stereocenters. The van der Waals surface area contributed by atoms with Gasteiger partial charge in [-0.05, 0) is 45.3 Å². The number of halogens is 2. The monoisotopic (exact) mass is 397 g/mol. The fourth-order valence-electron chi connectivity index (χ4n) is 2.52. The van der Waals surface area contributed by atoms with Crippen molar-refractivity contribution in [1.82, 2.24) is 19.7 Å². The average Bonchev–Trinajstić information content (AvgIpc) is 3.18. The lowest BCUT2D eigenvalue weighted by molar-refractivity contribution is 0.0980. The maximum Gasteiger partial charge on any atom is 0.280 e. The van der Waals surface area contributed by atoms with Crippen molar-refractivity contribution in [3.63, 3.8) is 0 Å². The second-order valence-electron chi connectivity index (χ2n) is 6.07. The maximum atomic E-state index is 14.0. The normalized spacial score (nSPS) is 11.0. The number of fused-ring (bicyclic) bond motifs is 1. The molecule has 0 aliphatic rings. The van der Waals surface area contributed by atoms with Gasteiger partial charge in [-0.1, -0.05) is 17.4 Å². The van der Waals surface area contributed by atoms with Crippen molar-refractivity contribution in [3.8, 4) is 0 Å². The van der Waals surface area contributed by atoms with Gasteiger partial charge in [0.05, 0.1) is 4.70 Å². The van der Waals surface area contributed by atoms with E-state index in [0.29, 0.717) is 22.9 Å². The van der Waals surface area contributed by atoms with Crippen LogP contribution in [0.25, 0.3) is 10.2 Å². The average molecular weight is 398 g/mol. The van der Waals surface area contributed by atoms with Crippen LogP contribution in [0.15, 0.2) is 30.5 Å². The molecule has 0 saturated carbocycles. The fraction of sp³-hybridized carbons (Fsp3) is 0.353.